The van der Waals surface area contributed by atoms with Gasteiger partial charge >= 0.3 is 0 Å². The molecule has 0 bridgehead atoms. The smallest absolute Gasteiger partial charge is 0.0406 e. The lowest BCUT2D eigenvalue weighted by Crippen LogP contribution is -2.25. The van der Waals surface area contributed by atoms with Crippen LogP contribution in [0.5, 0.6) is 0 Å². The Morgan fingerprint density at radius 1 is 1.18 bits per heavy atom. The Morgan fingerprint density at radius 3 is 2.35 bits per heavy atom. The van der Waals surface area contributed by atoms with Gasteiger partial charge in [-0.05, 0) is 55.5 Å². The minimum atomic E-state index is 0.719. The summed E-state index contributed by atoms with van der Waals surface area (Å²) in [7, 11) is 0. The van der Waals surface area contributed by atoms with Gasteiger partial charge in [0.1, 0.15) is 0 Å². The Bertz CT molecular complexity index is 305. The molecule has 17 heavy (non-hydrogen) atoms. The second-order valence-electron chi connectivity index (χ2n) is 5.13. The largest absolute Gasteiger partial charge is 0.317 e. The molecule has 0 aliphatic rings. The van der Waals surface area contributed by atoms with Crippen molar-refractivity contribution < 1.29 is 0 Å². The predicted molar refractivity (Wildman–Crippen MR) is 76.6 cm³/mol. The lowest BCUT2D eigenvalue weighted by atomic mass is 9.91. The van der Waals surface area contributed by atoms with Crippen molar-refractivity contribution >= 4 is 11.6 Å². The fourth-order valence-electron chi connectivity index (χ4n) is 2.21. The van der Waals surface area contributed by atoms with E-state index in [-0.39, 0.29) is 0 Å². The third kappa shape index (κ3) is 6.09. The van der Waals surface area contributed by atoms with E-state index in [2.05, 4.69) is 38.2 Å². The van der Waals surface area contributed by atoms with E-state index in [0.717, 1.165) is 36.4 Å². The van der Waals surface area contributed by atoms with Crippen molar-refractivity contribution in [2.24, 2.45) is 11.8 Å². The molecule has 0 saturated carbocycles. The third-order valence-corrected chi connectivity index (χ3v) is 3.18. The lowest BCUT2D eigenvalue weighted by molar-refractivity contribution is 0.388. The molecule has 0 saturated heterocycles. The second kappa shape index (κ2) is 7.73. The maximum atomic E-state index is 5.90. The molecule has 1 atom stereocenters. The van der Waals surface area contributed by atoms with Crippen LogP contribution in [-0.2, 0) is 6.42 Å². The van der Waals surface area contributed by atoms with Crippen LogP contribution in [0.4, 0.5) is 0 Å². The highest BCUT2D eigenvalue weighted by Gasteiger charge is 2.11. The van der Waals surface area contributed by atoms with Gasteiger partial charge in [-0.1, -0.05) is 44.5 Å². The molecule has 1 nitrogen and oxygen atoms in total. The van der Waals surface area contributed by atoms with E-state index in [9.17, 15) is 0 Å². The van der Waals surface area contributed by atoms with Crippen LogP contribution < -0.4 is 5.32 Å². The average Bonchev–Trinajstić information content (AvgIpc) is 2.28. The van der Waals surface area contributed by atoms with Crippen LogP contribution in [0.2, 0.25) is 5.02 Å². The highest BCUT2D eigenvalue weighted by molar-refractivity contribution is 6.30. The molecule has 0 spiro atoms. The predicted octanol–water partition coefficient (Wildman–Crippen LogP) is 4.15. The van der Waals surface area contributed by atoms with Crippen LogP contribution in [0.15, 0.2) is 24.3 Å². The molecule has 0 amide bonds. The average molecular weight is 254 g/mol. The van der Waals surface area contributed by atoms with E-state index in [0.29, 0.717) is 0 Å². The van der Waals surface area contributed by atoms with Crippen LogP contribution in [0, 0.1) is 11.8 Å². The van der Waals surface area contributed by atoms with Crippen LogP contribution in [0.1, 0.15) is 32.8 Å². The summed E-state index contributed by atoms with van der Waals surface area (Å²) in [6.07, 6.45) is 2.41. The van der Waals surface area contributed by atoms with Gasteiger partial charge in [0.05, 0.1) is 0 Å². The van der Waals surface area contributed by atoms with Crippen molar-refractivity contribution in [1.29, 1.82) is 0 Å². The standard InChI is InChI=1S/C15H24ClN/c1-4-17-11-14(9-12(2)3)10-13-5-7-15(16)8-6-13/h5-8,12,14,17H,4,9-11H2,1-3H3. The van der Waals surface area contributed by atoms with E-state index in [1.807, 2.05) is 12.1 Å². The molecule has 1 rings (SSSR count). The first-order valence-corrected chi connectivity index (χ1v) is 6.94. The number of rotatable bonds is 7. The summed E-state index contributed by atoms with van der Waals surface area (Å²) >= 11 is 5.90. The molecule has 0 aromatic heterocycles. The van der Waals surface area contributed by atoms with Crippen LogP contribution >= 0.6 is 11.6 Å². The van der Waals surface area contributed by atoms with Gasteiger partial charge in [0, 0.05) is 5.02 Å². The van der Waals surface area contributed by atoms with E-state index in [4.69, 9.17) is 11.6 Å². The van der Waals surface area contributed by atoms with Crippen LogP contribution in [0.3, 0.4) is 0 Å². The fourth-order valence-corrected chi connectivity index (χ4v) is 2.33. The number of halogens is 1. The first kappa shape index (κ1) is 14.5. The lowest BCUT2D eigenvalue weighted by Gasteiger charge is -2.19. The normalized spacial score (nSPS) is 13.0. The van der Waals surface area contributed by atoms with E-state index in [1.165, 1.54) is 12.0 Å². The zero-order valence-corrected chi connectivity index (χ0v) is 11.9. The topological polar surface area (TPSA) is 12.0 Å². The summed E-state index contributed by atoms with van der Waals surface area (Å²) in [6.45, 7) is 8.91. The Morgan fingerprint density at radius 2 is 1.82 bits per heavy atom. The van der Waals surface area contributed by atoms with Crippen molar-refractivity contribution in [3.63, 3.8) is 0 Å². The van der Waals surface area contributed by atoms with Gasteiger partial charge in [0.25, 0.3) is 0 Å². The zero-order valence-electron chi connectivity index (χ0n) is 11.2. The van der Waals surface area contributed by atoms with Gasteiger partial charge in [-0.15, -0.1) is 0 Å². The van der Waals surface area contributed by atoms with E-state index < -0.39 is 0 Å². The van der Waals surface area contributed by atoms with Gasteiger partial charge in [-0.3, -0.25) is 0 Å². The quantitative estimate of drug-likeness (QED) is 0.770. The highest BCUT2D eigenvalue weighted by atomic mass is 35.5. The molecule has 1 aromatic carbocycles. The third-order valence-electron chi connectivity index (χ3n) is 2.93. The molecular formula is C15H24ClN. The molecular weight excluding hydrogens is 230 g/mol. The van der Waals surface area contributed by atoms with Crippen molar-refractivity contribution in [2.75, 3.05) is 13.1 Å². The first-order chi connectivity index (χ1) is 8.11. The summed E-state index contributed by atoms with van der Waals surface area (Å²) in [5, 5.41) is 4.28. The molecule has 0 aliphatic heterocycles. The number of benzene rings is 1. The maximum absolute atomic E-state index is 5.90. The number of hydrogen-bond donors (Lipinski definition) is 1. The van der Waals surface area contributed by atoms with Gasteiger partial charge in [-0.2, -0.15) is 0 Å². The van der Waals surface area contributed by atoms with Crippen molar-refractivity contribution in [3.05, 3.63) is 34.9 Å². The molecule has 1 unspecified atom stereocenters. The summed E-state index contributed by atoms with van der Waals surface area (Å²) in [6, 6.07) is 8.25. The van der Waals surface area contributed by atoms with Crippen LogP contribution in [0.25, 0.3) is 0 Å². The number of hydrogen-bond acceptors (Lipinski definition) is 1. The van der Waals surface area contributed by atoms with E-state index in [1.54, 1.807) is 0 Å². The van der Waals surface area contributed by atoms with Gasteiger partial charge in [-0.25, -0.2) is 0 Å². The maximum Gasteiger partial charge on any atom is 0.0406 e. The molecule has 2 heteroatoms. The number of nitrogens with one attached hydrogen (secondary N) is 1. The Balaban J connectivity index is 2.54. The summed E-state index contributed by atoms with van der Waals surface area (Å²) < 4.78 is 0. The first-order valence-electron chi connectivity index (χ1n) is 6.57. The Labute approximate surface area is 111 Å². The second-order valence-corrected chi connectivity index (χ2v) is 5.57. The summed E-state index contributed by atoms with van der Waals surface area (Å²) in [5.74, 6) is 1.47. The molecule has 0 aliphatic carbocycles. The molecule has 96 valence electrons. The minimum Gasteiger partial charge on any atom is -0.317 e. The van der Waals surface area contributed by atoms with Crippen molar-refractivity contribution in [1.82, 2.24) is 5.32 Å². The van der Waals surface area contributed by atoms with Crippen LogP contribution in [-0.4, -0.2) is 13.1 Å². The molecule has 1 aromatic rings. The fraction of sp³-hybridized carbons (Fsp3) is 0.600. The molecule has 0 fully saturated rings. The highest BCUT2D eigenvalue weighted by Crippen LogP contribution is 2.18. The molecule has 0 heterocycles. The molecule has 1 N–H and O–H groups in total. The Hall–Kier alpha value is -0.530. The SMILES string of the molecule is CCNCC(Cc1ccc(Cl)cc1)CC(C)C. The molecule has 0 radical (unpaired) electrons. The monoisotopic (exact) mass is 253 g/mol. The Kier molecular flexibility index (Phi) is 6.61. The minimum absolute atomic E-state index is 0.719. The summed E-state index contributed by atoms with van der Waals surface area (Å²) in [4.78, 5) is 0. The van der Waals surface area contributed by atoms with Crippen molar-refractivity contribution in [2.45, 2.75) is 33.6 Å². The van der Waals surface area contributed by atoms with Gasteiger partial charge in [0.15, 0.2) is 0 Å². The van der Waals surface area contributed by atoms with Gasteiger partial charge in [0.2, 0.25) is 0 Å². The van der Waals surface area contributed by atoms with Gasteiger partial charge < -0.3 is 5.32 Å². The zero-order chi connectivity index (χ0) is 12.7. The van der Waals surface area contributed by atoms with Crippen molar-refractivity contribution in [3.8, 4) is 0 Å². The summed E-state index contributed by atoms with van der Waals surface area (Å²) in [5.41, 5.74) is 1.39. The van der Waals surface area contributed by atoms with E-state index >= 15 is 0 Å².